The molecule has 1 fully saturated rings. The molecule has 1 aliphatic rings. The van der Waals surface area contributed by atoms with E-state index in [2.05, 4.69) is 5.32 Å². The Morgan fingerprint density at radius 2 is 2.00 bits per heavy atom. The summed E-state index contributed by atoms with van der Waals surface area (Å²) in [5.41, 5.74) is 2.22. The van der Waals surface area contributed by atoms with Gasteiger partial charge in [-0.2, -0.15) is 0 Å². The van der Waals surface area contributed by atoms with Crippen LogP contribution in [0.15, 0.2) is 24.3 Å². The number of aryl methyl sites for hydroxylation is 1. The van der Waals surface area contributed by atoms with Gasteiger partial charge in [0.05, 0.1) is 19.1 Å². The summed E-state index contributed by atoms with van der Waals surface area (Å²) in [5, 5.41) is 11.8. The number of carboxylic acids is 1. The van der Waals surface area contributed by atoms with Crippen molar-refractivity contribution in [2.45, 2.75) is 38.8 Å². The summed E-state index contributed by atoms with van der Waals surface area (Å²) in [6, 6.07) is 8.10. The van der Waals surface area contributed by atoms with E-state index in [0.717, 1.165) is 24.0 Å². The number of hydrogen-bond donors (Lipinski definition) is 2. The first-order valence-electron chi connectivity index (χ1n) is 7.28. The number of carbonyl (C=O) groups is 2. The first-order valence-corrected chi connectivity index (χ1v) is 7.28. The quantitative estimate of drug-likeness (QED) is 0.802. The molecule has 1 aliphatic carbocycles. The van der Waals surface area contributed by atoms with Crippen LogP contribution >= 0.6 is 0 Å². The Balaban J connectivity index is 1.91. The highest BCUT2D eigenvalue weighted by Crippen LogP contribution is 2.26. The third-order valence-electron chi connectivity index (χ3n) is 3.78. The molecule has 1 unspecified atom stereocenters. The molecule has 2 N–H and O–H groups in total. The minimum atomic E-state index is -0.887. The highest BCUT2D eigenvalue weighted by atomic mass is 16.4. The number of rotatable bonds is 7. The Morgan fingerprint density at radius 3 is 2.57 bits per heavy atom. The van der Waals surface area contributed by atoms with E-state index in [-0.39, 0.29) is 31.1 Å². The van der Waals surface area contributed by atoms with Gasteiger partial charge in [-0.05, 0) is 37.8 Å². The second-order valence-corrected chi connectivity index (χ2v) is 5.68. The lowest BCUT2D eigenvalue weighted by Crippen LogP contribution is -2.41. The first-order chi connectivity index (χ1) is 9.97. The zero-order chi connectivity index (χ0) is 15.4. The van der Waals surface area contributed by atoms with Crippen LogP contribution in [-0.4, -0.2) is 41.0 Å². The second-order valence-electron chi connectivity index (χ2n) is 5.68. The van der Waals surface area contributed by atoms with Crippen molar-refractivity contribution in [2.75, 3.05) is 13.1 Å². The molecule has 1 aromatic carbocycles. The fourth-order valence-corrected chi connectivity index (χ4v) is 2.55. The van der Waals surface area contributed by atoms with Crippen LogP contribution in [0.1, 0.15) is 36.9 Å². The zero-order valence-corrected chi connectivity index (χ0v) is 12.5. The van der Waals surface area contributed by atoms with Crippen molar-refractivity contribution in [1.82, 2.24) is 10.2 Å². The summed E-state index contributed by atoms with van der Waals surface area (Å²) >= 11 is 0. The number of carboxylic acid groups (broad SMARTS) is 1. The number of hydrogen-bond acceptors (Lipinski definition) is 3. The Labute approximate surface area is 125 Å². The molecule has 0 bridgehead atoms. The normalized spacial score (nSPS) is 15.8. The molecule has 2 rings (SSSR count). The molecule has 5 heteroatoms. The highest BCUT2D eigenvalue weighted by molar-refractivity contribution is 5.79. The fraction of sp³-hybridized carbons (Fsp3) is 0.500. The molecule has 1 saturated carbocycles. The standard InChI is InChI=1S/C16H22N2O3/c1-11-5-3-4-6-14(11)12(2)17-15(19)9-18(10-16(20)21)13-7-8-13/h3-6,12-13H,7-10H2,1-2H3,(H,17,19)(H,20,21). The highest BCUT2D eigenvalue weighted by Gasteiger charge is 2.31. The van der Waals surface area contributed by atoms with Crippen LogP contribution in [0.25, 0.3) is 0 Å². The van der Waals surface area contributed by atoms with E-state index < -0.39 is 5.97 Å². The molecule has 0 heterocycles. The molecule has 1 atom stereocenters. The third kappa shape index (κ3) is 4.56. The molecule has 1 amide bonds. The van der Waals surface area contributed by atoms with Crippen LogP contribution in [0.5, 0.6) is 0 Å². The van der Waals surface area contributed by atoms with Gasteiger partial charge in [0.2, 0.25) is 5.91 Å². The predicted molar refractivity (Wildman–Crippen MR) is 80.0 cm³/mol. The van der Waals surface area contributed by atoms with Crippen molar-refractivity contribution >= 4 is 11.9 Å². The van der Waals surface area contributed by atoms with Crippen molar-refractivity contribution < 1.29 is 14.7 Å². The molecule has 21 heavy (non-hydrogen) atoms. The molecule has 0 aliphatic heterocycles. The molecule has 1 aromatic rings. The van der Waals surface area contributed by atoms with Gasteiger partial charge in [0.25, 0.3) is 0 Å². The monoisotopic (exact) mass is 290 g/mol. The van der Waals surface area contributed by atoms with Gasteiger partial charge in [-0.25, -0.2) is 0 Å². The lowest BCUT2D eigenvalue weighted by Gasteiger charge is -2.22. The lowest BCUT2D eigenvalue weighted by molar-refractivity contribution is -0.139. The number of aliphatic carboxylic acids is 1. The van der Waals surface area contributed by atoms with Crippen LogP contribution < -0.4 is 5.32 Å². The van der Waals surface area contributed by atoms with Crippen LogP contribution in [0.4, 0.5) is 0 Å². The van der Waals surface area contributed by atoms with E-state index in [1.807, 2.05) is 38.1 Å². The molecular weight excluding hydrogens is 268 g/mol. The Kier molecular flexibility index (Phi) is 4.96. The first kappa shape index (κ1) is 15.5. The van der Waals surface area contributed by atoms with Crippen molar-refractivity contribution in [1.29, 1.82) is 0 Å². The topological polar surface area (TPSA) is 69.6 Å². The van der Waals surface area contributed by atoms with E-state index in [0.29, 0.717) is 0 Å². The molecular formula is C16H22N2O3. The second kappa shape index (κ2) is 6.72. The Hall–Kier alpha value is -1.88. The van der Waals surface area contributed by atoms with E-state index >= 15 is 0 Å². The molecule has 114 valence electrons. The molecule has 0 radical (unpaired) electrons. The van der Waals surface area contributed by atoms with Gasteiger partial charge in [0, 0.05) is 6.04 Å². The van der Waals surface area contributed by atoms with Gasteiger partial charge < -0.3 is 10.4 Å². The summed E-state index contributed by atoms with van der Waals surface area (Å²) in [6.07, 6.45) is 1.96. The molecule has 0 aromatic heterocycles. The van der Waals surface area contributed by atoms with Crippen LogP contribution in [0.3, 0.4) is 0 Å². The number of nitrogens with one attached hydrogen (secondary N) is 1. The van der Waals surface area contributed by atoms with Gasteiger partial charge in [-0.15, -0.1) is 0 Å². The maximum Gasteiger partial charge on any atom is 0.317 e. The average molecular weight is 290 g/mol. The summed E-state index contributed by atoms with van der Waals surface area (Å²) in [4.78, 5) is 24.7. The van der Waals surface area contributed by atoms with Crippen molar-refractivity contribution in [3.63, 3.8) is 0 Å². The zero-order valence-electron chi connectivity index (χ0n) is 12.5. The van der Waals surface area contributed by atoms with Crippen molar-refractivity contribution in [3.05, 3.63) is 35.4 Å². The van der Waals surface area contributed by atoms with Gasteiger partial charge in [0.15, 0.2) is 0 Å². The summed E-state index contributed by atoms with van der Waals surface area (Å²) < 4.78 is 0. The Bertz CT molecular complexity index is 526. The van der Waals surface area contributed by atoms with Crippen LogP contribution in [0, 0.1) is 6.92 Å². The van der Waals surface area contributed by atoms with Crippen LogP contribution in [0.2, 0.25) is 0 Å². The fourth-order valence-electron chi connectivity index (χ4n) is 2.55. The largest absolute Gasteiger partial charge is 0.480 e. The average Bonchev–Trinajstić information content (AvgIpc) is 3.21. The maximum absolute atomic E-state index is 12.1. The van der Waals surface area contributed by atoms with Gasteiger partial charge in [-0.3, -0.25) is 14.5 Å². The molecule has 0 saturated heterocycles. The molecule has 5 nitrogen and oxygen atoms in total. The third-order valence-corrected chi connectivity index (χ3v) is 3.78. The Morgan fingerprint density at radius 1 is 1.33 bits per heavy atom. The summed E-state index contributed by atoms with van der Waals surface area (Å²) in [7, 11) is 0. The minimum absolute atomic E-state index is 0.0726. The van der Waals surface area contributed by atoms with Crippen LogP contribution in [-0.2, 0) is 9.59 Å². The number of carbonyl (C=O) groups excluding carboxylic acids is 1. The van der Waals surface area contributed by atoms with E-state index in [1.54, 1.807) is 4.90 Å². The smallest absolute Gasteiger partial charge is 0.317 e. The summed E-state index contributed by atoms with van der Waals surface area (Å²) in [6.45, 7) is 4.03. The number of amides is 1. The number of benzene rings is 1. The van der Waals surface area contributed by atoms with E-state index in [4.69, 9.17) is 5.11 Å². The predicted octanol–water partition coefficient (Wildman–Crippen LogP) is 1.72. The van der Waals surface area contributed by atoms with Crippen molar-refractivity contribution in [2.24, 2.45) is 0 Å². The minimum Gasteiger partial charge on any atom is -0.480 e. The van der Waals surface area contributed by atoms with Crippen molar-refractivity contribution in [3.8, 4) is 0 Å². The van der Waals surface area contributed by atoms with Gasteiger partial charge >= 0.3 is 5.97 Å². The number of nitrogens with zero attached hydrogens (tertiary/aromatic N) is 1. The van der Waals surface area contributed by atoms with E-state index in [1.165, 1.54) is 0 Å². The lowest BCUT2D eigenvalue weighted by atomic mass is 10.0. The maximum atomic E-state index is 12.1. The SMILES string of the molecule is Cc1ccccc1C(C)NC(=O)CN(CC(=O)O)C1CC1. The van der Waals surface area contributed by atoms with Gasteiger partial charge in [0.1, 0.15) is 0 Å². The molecule has 0 spiro atoms. The van der Waals surface area contributed by atoms with Gasteiger partial charge in [-0.1, -0.05) is 24.3 Å². The van der Waals surface area contributed by atoms with E-state index in [9.17, 15) is 9.59 Å². The summed E-state index contributed by atoms with van der Waals surface area (Å²) in [5.74, 6) is -1.01.